The number of ether oxygens (including phenoxy) is 1. The number of ketones is 1. The molecule has 1 atom stereocenters. The molecule has 1 amide bonds. The topological polar surface area (TPSA) is 71.3 Å². The van der Waals surface area contributed by atoms with E-state index in [-0.39, 0.29) is 11.3 Å². The zero-order valence-electron chi connectivity index (χ0n) is 18.9. The van der Waals surface area contributed by atoms with Crippen LogP contribution >= 0.6 is 0 Å². The largest absolute Gasteiger partial charge is 0.507 e. The first-order valence-electron chi connectivity index (χ1n) is 10.5. The normalized spacial score (nSPS) is 18.1. The van der Waals surface area contributed by atoms with Gasteiger partial charge in [0.05, 0.1) is 39.4 Å². The van der Waals surface area contributed by atoms with Gasteiger partial charge in [-0.05, 0) is 31.5 Å². The van der Waals surface area contributed by atoms with E-state index in [0.29, 0.717) is 23.4 Å². The van der Waals surface area contributed by atoms with Crippen LogP contribution in [0.15, 0.2) is 48.0 Å². The van der Waals surface area contributed by atoms with Gasteiger partial charge in [0.2, 0.25) is 0 Å². The SMILES string of the molecule is COc1ccccc1[C@H]1C(=C(O)c2cc(C)ccc2C)C(=O)C(=O)N1CCC[NH+](C)C. The van der Waals surface area contributed by atoms with E-state index in [4.69, 9.17) is 4.74 Å². The Hall–Kier alpha value is -3.12. The van der Waals surface area contributed by atoms with Gasteiger partial charge in [-0.25, -0.2) is 0 Å². The van der Waals surface area contributed by atoms with Gasteiger partial charge in [0.15, 0.2) is 0 Å². The van der Waals surface area contributed by atoms with Crippen LogP contribution in [0, 0.1) is 13.8 Å². The molecule has 1 heterocycles. The van der Waals surface area contributed by atoms with Gasteiger partial charge < -0.3 is 19.6 Å². The second-order valence-corrected chi connectivity index (χ2v) is 8.36. The number of nitrogens with one attached hydrogen (secondary N) is 1. The zero-order chi connectivity index (χ0) is 22.7. The van der Waals surface area contributed by atoms with Gasteiger partial charge in [-0.2, -0.15) is 0 Å². The molecule has 0 radical (unpaired) electrons. The lowest BCUT2D eigenvalue weighted by atomic mass is 9.93. The summed E-state index contributed by atoms with van der Waals surface area (Å²) in [5.41, 5.74) is 3.16. The summed E-state index contributed by atoms with van der Waals surface area (Å²) in [5, 5.41) is 11.3. The standard InChI is InChI=1S/C25H30N2O4/c1-16-11-12-17(2)19(15-16)23(28)21-22(18-9-6-7-10-20(18)31-5)27(25(30)24(21)29)14-8-13-26(3)4/h6-7,9-12,15,22,28H,8,13-14H2,1-5H3/p+1/t22-/m0/s1. The molecule has 1 saturated heterocycles. The van der Waals surface area contributed by atoms with Crippen molar-refractivity contribution in [3.05, 3.63) is 70.3 Å². The van der Waals surface area contributed by atoms with Crippen LogP contribution in [0.25, 0.3) is 5.76 Å². The van der Waals surface area contributed by atoms with Crippen LogP contribution in [0.2, 0.25) is 0 Å². The van der Waals surface area contributed by atoms with Crippen LogP contribution < -0.4 is 9.64 Å². The van der Waals surface area contributed by atoms with E-state index >= 15 is 0 Å². The van der Waals surface area contributed by atoms with Crippen LogP contribution in [0.4, 0.5) is 0 Å². The van der Waals surface area contributed by atoms with E-state index in [0.717, 1.165) is 24.1 Å². The molecule has 2 aromatic rings. The second-order valence-electron chi connectivity index (χ2n) is 8.36. The van der Waals surface area contributed by atoms with E-state index in [1.54, 1.807) is 18.1 Å². The number of aryl methyl sites for hydroxylation is 2. The molecule has 1 aliphatic heterocycles. The lowest BCUT2D eigenvalue weighted by Gasteiger charge is -2.26. The Labute approximate surface area is 183 Å². The molecule has 0 saturated carbocycles. The lowest BCUT2D eigenvalue weighted by Crippen LogP contribution is -3.05. The predicted molar refractivity (Wildman–Crippen MR) is 120 cm³/mol. The summed E-state index contributed by atoms with van der Waals surface area (Å²) >= 11 is 0. The van der Waals surface area contributed by atoms with E-state index in [1.807, 2.05) is 64.3 Å². The number of carbonyl (C=O) groups is 2. The number of quaternary nitrogens is 1. The molecular weight excluding hydrogens is 392 g/mol. The Morgan fingerprint density at radius 3 is 2.52 bits per heavy atom. The average Bonchev–Trinajstić information content (AvgIpc) is 2.99. The molecule has 6 heteroatoms. The van der Waals surface area contributed by atoms with Crippen LogP contribution in [0.5, 0.6) is 5.75 Å². The van der Waals surface area contributed by atoms with E-state index in [2.05, 4.69) is 0 Å². The van der Waals surface area contributed by atoms with Gasteiger partial charge in [-0.15, -0.1) is 0 Å². The third kappa shape index (κ3) is 4.49. The number of methoxy groups -OCH3 is 1. The van der Waals surface area contributed by atoms with Crippen molar-refractivity contribution in [2.75, 3.05) is 34.3 Å². The minimum absolute atomic E-state index is 0.111. The molecule has 3 rings (SSSR count). The Bertz CT molecular complexity index is 1030. The molecule has 2 N–H and O–H groups in total. The van der Waals surface area contributed by atoms with Gasteiger partial charge in [0.1, 0.15) is 11.5 Å². The van der Waals surface area contributed by atoms with Crippen LogP contribution in [-0.2, 0) is 9.59 Å². The number of amides is 1. The Kier molecular flexibility index (Phi) is 6.81. The van der Waals surface area contributed by atoms with Crippen molar-refractivity contribution in [2.45, 2.75) is 26.3 Å². The first kappa shape index (κ1) is 22.6. The summed E-state index contributed by atoms with van der Waals surface area (Å²) in [7, 11) is 5.66. The van der Waals surface area contributed by atoms with Crippen molar-refractivity contribution in [2.24, 2.45) is 0 Å². The molecule has 164 valence electrons. The Morgan fingerprint density at radius 2 is 1.84 bits per heavy atom. The number of carbonyl (C=O) groups excluding carboxylic acids is 2. The summed E-state index contributed by atoms with van der Waals surface area (Å²) in [6, 6.07) is 12.3. The number of nitrogens with zero attached hydrogens (tertiary/aromatic N) is 1. The summed E-state index contributed by atoms with van der Waals surface area (Å²) in [6.07, 6.45) is 0.741. The smallest absolute Gasteiger partial charge is 0.295 e. The predicted octanol–water partition coefficient (Wildman–Crippen LogP) is 2.27. The van der Waals surface area contributed by atoms with Crippen molar-refractivity contribution in [3.63, 3.8) is 0 Å². The van der Waals surface area contributed by atoms with Crippen LogP contribution in [0.3, 0.4) is 0 Å². The van der Waals surface area contributed by atoms with Gasteiger partial charge >= 0.3 is 0 Å². The fourth-order valence-corrected chi connectivity index (χ4v) is 4.07. The highest BCUT2D eigenvalue weighted by Gasteiger charge is 2.46. The number of likely N-dealkylation sites (tertiary alicyclic amines) is 1. The number of aliphatic hydroxyl groups is 1. The lowest BCUT2D eigenvalue weighted by molar-refractivity contribution is -0.858. The number of benzene rings is 2. The van der Waals surface area contributed by atoms with Crippen molar-refractivity contribution >= 4 is 17.4 Å². The molecule has 0 unspecified atom stereocenters. The molecule has 1 fully saturated rings. The molecule has 0 spiro atoms. The summed E-state index contributed by atoms with van der Waals surface area (Å²) in [5.74, 6) is -0.816. The number of aliphatic hydroxyl groups excluding tert-OH is 1. The molecular formula is C25H31N2O4+. The third-order valence-electron chi connectivity index (χ3n) is 5.70. The molecule has 6 nitrogen and oxygen atoms in total. The molecule has 31 heavy (non-hydrogen) atoms. The van der Waals surface area contributed by atoms with E-state index < -0.39 is 17.7 Å². The first-order valence-corrected chi connectivity index (χ1v) is 10.5. The third-order valence-corrected chi connectivity index (χ3v) is 5.70. The number of hydrogen-bond donors (Lipinski definition) is 2. The van der Waals surface area contributed by atoms with Crippen molar-refractivity contribution < 1.29 is 24.3 Å². The molecule has 0 bridgehead atoms. The molecule has 2 aromatic carbocycles. The molecule has 1 aliphatic rings. The molecule has 0 aliphatic carbocycles. The highest BCUT2D eigenvalue weighted by molar-refractivity contribution is 6.46. The maximum absolute atomic E-state index is 13.2. The van der Waals surface area contributed by atoms with E-state index in [9.17, 15) is 14.7 Å². The summed E-state index contributed by atoms with van der Waals surface area (Å²) < 4.78 is 5.54. The zero-order valence-corrected chi connectivity index (χ0v) is 18.9. The number of hydrogen-bond acceptors (Lipinski definition) is 4. The number of Topliss-reactive ketones (excluding diaryl/α,β-unsaturated/α-hetero) is 1. The van der Waals surface area contributed by atoms with E-state index in [1.165, 1.54) is 4.90 Å². The summed E-state index contributed by atoms with van der Waals surface area (Å²) in [6.45, 7) is 5.08. The summed E-state index contributed by atoms with van der Waals surface area (Å²) in [4.78, 5) is 29.0. The van der Waals surface area contributed by atoms with Crippen molar-refractivity contribution in [1.82, 2.24) is 4.90 Å². The highest BCUT2D eigenvalue weighted by Crippen LogP contribution is 2.43. The van der Waals surface area contributed by atoms with Crippen molar-refractivity contribution in [3.8, 4) is 5.75 Å². The Balaban J connectivity index is 2.19. The van der Waals surface area contributed by atoms with Crippen LogP contribution in [0.1, 0.15) is 34.7 Å². The average molecular weight is 424 g/mol. The maximum Gasteiger partial charge on any atom is 0.295 e. The van der Waals surface area contributed by atoms with Crippen LogP contribution in [-0.4, -0.2) is 56.0 Å². The van der Waals surface area contributed by atoms with Gasteiger partial charge in [-0.1, -0.05) is 35.9 Å². The monoisotopic (exact) mass is 423 g/mol. The second kappa shape index (κ2) is 9.35. The maximum atomic E-state index is 13.2. The van der Waals surface area contributed by atoms with Gasteiger partial charge in [0, 0.05) is 24.1 Å². The van der Waals surface area contributed by atoms with Gasteiger partial charge in [-0.3, -0.25) is 9.59 Å². The Morgan fingerprint density at radius 1 is 1.13 bits per heavy atom. The quantitative estimate of drug-likeness (QED) is 0.407. The molecule has 0 aromatic heterocycles. The highest BCUT2D eigenvalue weighted by atomic mass is 16.5. The first-order chi connectivity index (χ1) is 14.8. The fourth-order valence-electron chi connectivity index (χ4n) is 4.07. The van der Waals surface area contributed by atoms with Crippen molar-refractivity contribution in [1.29, 1.82) is 0 Å². The number of para-hydroxylation sites is 1. The van der Waals surface area contributed by atoms with Gasteiger partial charge in [0.25, 0.3) is 11.7 Å². The minimum atomic E-state index is -0.701. The fraction of sp³-hybridized carbons (Fsp3) is 0.360. The minimum Gasteiger partial charge on any atom is -0.507 e. The number of rotatable bonds is 7.